The van der Waals surface area contributed by atoms with Crippen LogP contribution in [0.3, 0.4) is 0 Å². The summed E-state index contributed by atoms with van der Waals surface area (Å²) in [6.07, 6.45) is 0.842. The second-order valence-electron chi connectivity index (χ2n) is 7.69. The molecule has 0 aliphatic carbocycles. The second kappa shape index (κ2) is 7.63. The van der Waals surface area contributed by atoms with Crippen molar-refractivity contribution in [3.05, 3.63) is 69.7 Å². The zero-order valence-corrected chi connectivity index (χ0v) is 17.7. The minimum atomic E-state index is -0.904. The highest BCUT2D eigenvalue weighted by Crippen LogP contribution is 2.31. The molecule has 0 bridgehead atoms. The maximum absolute atomic E-state index is 13.1. The van der Waals surface area contributed by atoms with Crippen molar-refractivity contribution in [2.24, 2.45) is 0 Å². The molecule has 150 valence electrons. The van der Waals surface area contributed by atoms with Crippen molar-refractivity contribution in [3.8, 4) is 0 Å². The van der Waals surface area contributed by atoms with Crippen LogP contribution in [-0.4, -0.2) is 46.3 Å². The van der Waals surface area contributed by atoms with E-state index in [1.807, 2.05) is 43.3 Å². The number of halogens is 1. The first-order valence-corrected chi connectivity index (χ1v) is 10.4. The second-order valence-corrected chi connectivity index (χ2v) is 8.60. The summed E-state index contributed by atoms with van der Waals surface area (Å²) < 4.78 is 0.916. The first-order valence-electron chi connectivity index (χ1n) is 9.62. The average Bonchev–Trinajstić information content (AvgIpc) is 2.94. The number of imide groups is 1. The topological polar surface area (TPSA) is 69.7 Å². The molecule has 1 spiro atoms. The van der Waals surface area contributed by atoms with Crippen molar-refractivity contribution in [1.29, 1.82) is 0 Å². The van der Waals surface area contributed by atoms with Crippen LogP contribution in [0, 0.1) is 6.92 Å². The summed E-state index contributed by atoms with van der Waals surface area (Å²) in [5.74, 6) is -0.251. The van der Waals surface area contributed by atoms with E-state index in [-0.39, 0.29) is 24.4 Å². The highest BCUT2D eigenvalue weighted by molar-refractivity contribution is 9.10. The highest BCUT2D eigenvalue weighted by Gasteiger charge is 2.52. The number of benzene rings is 2. The SMILES string of the molecule is Cc1ccc(CN2C(=O)NC3(CCN(C(=O)c4ccc(Br)cc4)CC3)C2=O)cc1. The minimum absolute atomic E-state index is 0.0550. The minimum Gasteiger partial charge on any atom is -0.338 e. The maximum Gasteiger partial charge on any atom is 0.325 e. The normalized spacial score (nSPS) is 18.3. The number of amides is 4. The third kappa shape index (κ3) is 3.79. The third-order valence-corrected chi connectivity index (χ3v) is 6.23. The highest BCUT2D eigenvalue weighted by atomic mass is 79.9. The quantitative estimate of drug-likeness (QED) is 0.720. The van der Waals surface area contributed by atoms with Crippen molar-refractivity contribution >= 4 is 33.8 Å². The van der Waals surface area contributed by atoms with Gasteiger partial charge >= 0.3 is 6.03 Å². The van der Waals surface area contributed by atoms with Gasteiger partial charge in [0.25, 0.3) is 11.8 Å². The van der Waals surface area contributed by atoms with Gasteiger partial charge in [-0.2, -0.15) is 0 Å². The van der Waals surface area contributed by atoms with Gasteiger partial charge in [-0.05, 0) is 49.6 Å². The van der Waals surface area contributed by atoms with E-state index in [4.69, 9.17) is 0 Å². The number of urea groups is 1. The molecule has 4 amide bonds. The fourth-order valence-electron chi connectivity index (χ4n) is 3.90. The molecule has 2 heterocycles. The smallest absolute Gasteiger partial charge is 0.325 e. The van der Waals surface area contributed by atoms with E-state index in [2.05, 4.69) is 21.2 Å². The number of likely N-dealkylation sites (tertiary alicyclic amines) is 1. The lowest BCUT2D eigenvalue weighted by molar-refractivity contribution is -0.133. The summed E-state index contributed by atoms with van der Waals surface area (Å²) in [6.45, 7) is 3.11. The molecule has 0 atom stereocenters. The van der Waals surface area contributed by atoms with E-state index in [9.17, 15) is 14.4 Å². The Bertz CT molecular complexity index is 948. The van der Waals surface area contributed by atoms with Gasteiger partial charge in [-0.1, -0.05) is 45.8 Å². The largest absolute Gasteiger partial charge is 0.338 e. The number of hydrogen-bond acceptors (Lipinski definition) is 3. The van der Waals surface area contributed by atoms with Crippen LogP contribution in [0.15, 0.2) is 53.0 Å². The zero-order valence-electron chi connectivity index (χ0n) is 16.2. The number of aryl methyl sites for hydroxylation is 1. The van der Waals surface area contributed by atoms with Crippen LogP contribution in [0.4, 0.5) is 4.79 Å². The third-order valence-electron chi connectivity index (χ3n) is 5.70. The number of nitrogens with one attached hydrogen (secondary N) is 1. The molecule has 0 aromatic heterocycles. The van der Waals surface area contributed by atoms with Crippen molar-refractivity contribution in [3.63, 3.8) is 0 Å². The van der Waals surface area contributed by atoms with E-state index < -0.39 is 5.54 Å². The molecule has 0 unspecified atom stereocenters. The van der Waals surface area contributed by atoms with E-state index in [1.54, 1.807) is 17.0 Å². The van der Waals surface area contributed by atoms with Gasteiger partial charge in [-0.15, -0.1) is 0 Å². The van der Waals surface area contributed by atoms with E-state index in [0.29, 0.717) is 31.5 Å². The van der Waals surface area contributed by atoms with Gasteiger partial charge in [0, 0.05) is 23.1 Å². The molecule has 2 fully saturated rings. The van der Waals surface area contributed by atoms with Gasteiger partial charge in [-0.25, -0.2) is 4.79 Å². The van der Waals surface area contributed by atoms with Crippen molar-refractivity contribution in [1.82, 2.24) is 15.1 Å². The van der Waals surface area contributed by atoms with E-state index >= 15 is 0 Å². The lowest BCUT2D eigenvalue weighted by atomic mass is 9.87. The molecule has 4 rings (SSSR count). The van der Waals surface area contributed by atoms with Crippen LogP contribution in [0.1, 0.15) is 34.3 Å². The number of hydrogen-bond donors (Lipinski definition) is 1. The monoisotopic (exact) mass is 455 g/mol. The van der Waals surface area contributed by atoms with Crippen LogP contribution in [0.2, 0.25) is 0 Å². The molecule has 2 aromatic rings. The molecule has 2 saturated heterocycles. The predicted molar refractivity (Wildman–Crippen MR) is 112 cm³/mol. The zero-order chi connectivity index (χ0) is 20.6. The van der Waals surface area contributed by atoms with Gasteiger partial charge in [-0.3, -0.25) is 14.5 Å². The van der Waals surface area contributed by atoms with Crippen LogP contribution < -0.4 is 5.32 Å². The maximum atomic E-state index is 13.1. The van der Waals surface area contributed by atoms with Gasteiger partial charge in [0.05, 0.1) is 6.54 Å². The Morgan fingerprint density at radius 3 is 2.28 bits per heavy atom. The van der Waals surface area contributed by atoms with E-state index in [0.717, 1.165) is 15.6 Å². The molecule has 1 N–H and O–H groups in total. The summed E-state index contributed by atoms with van der Waals surface area (Å²) in [4.78, 5) is 41.3. The van der Waals surface area contributed by atoms with Gasteiger partial charge < -0.3 is 10.2 Å². The summed E-state index contributed by atoms with van der Waals surface area (Å²) in [5, 5.41) is 2.90. The van der Waals surface area contributed by atoms with E-state index in [1.165, 1.54) is 4.90 Å². The Morgan fingerprint density at radius 2 is 1.66 bits per heavy atom. The number of rotatable bonds is 3. The Kier molecular flexibility index (Phi) is 5.17. The van der Waals surface area contributed by atoms with Crippen LogP contribution >= 0.6 is 15.9 Å². The molecule has 2 aliphatic heterocycles. The summed E-state index contributed by atoms with van der Waals surface area (Å²) in [7, 11) is 0. The summed E-state index contributed by atoms with van der Waals surface area (Å²) in [6, 6.07) is 14.7. The molecule has 2 aliphatic rings. The Labute approximate surface area is 178 Å². The lowest BCUT2D eigenvalue weighted by Gasteiger charge is -2.37. The first-order chi connectivity index (χ1) is 13.9. The van der Waals surface area contributed by atoms with Gasteiger partial charge in [0.15, 0.2) is 0 Å². The molecule has 0 saturated carbocycles. The van der Waals surface area contributed by atoms with Crippen LogP contribution in [0.25, 0.3) is 0 Å². The fourth-order valence-corrected chi connectivity index (χ4v) is 4.17. The van der Waals surface area contributed by atoms with Crippen LogP contribution in [-0.2, 0) is 11.3 Å². The molecule has 0 radical (unpaired) electrons. The van der Waals surface area contributed by atoms with Crippen molar-refractivity contribution in [2.45, 2.75) is 31.8 Å². The molecule has 2 aromatic carbocycles. The molecule has 29 heavy (non-hydrogen) atoms. The van der Waals surface area contributed by atoms with Gasteiger partial charge in [0.1, 0.15) is 5.54 Å². The van der Waals surface area contributed by atoms with Crippen molar-refractivity contribution < 1.29 is 14.4 Å². The Hall–Kier alpha value is -2.67. The molecular weight excluding hydrogens is 434 g/mol. The summed E-state index contributed by atoms with van der Waals surface area (Å²) in [5.41, 5.74) is 1.76. The number of piperidine rings is 1. The van der Waals surface area contributed by atoms with Crippen LogP contribution in [0.5, 0.6) is 0 Å². The summed E-state index contributed by atoms with van der Waals surface area (Å²) >= 11 is 3.37. The van der Waals surface area contributed by atoms with Crippen molar-refractivity contribution in [2.75, 3.05) is 13.1 Å². The standard InChI is InChI=1S/C22H22BrN3O3/c1-15-2-4-16(5-3-15)14-26-20(28)22(24-21(26)29)10-12-25(13-11-22)19(27)17-6-8-18(23)9-7-17/h2-9H,10-14H2,1H3,(H,24,29). The molecule has 6 nitrogen and oxygen atoms in total. The predicted octanol–water partition coefficient (Wildman–Crippen LogP) is 3.48. The molecular formula is C22H22BrN3O3. The molecule has 7 heteroatoms. The first kappa shape index (κ1) is 19.6. The number of nitrogens with zero attached hydrogens (tertiary/aromatic N) is 2. The Morgan fingerprint density at radius 1 is 1.03 bits per heavy atom. The number of carbonyl (C=O) groups excluding carboxylic acids is 3. The fraction of sp³-hybridized carbons (Fsp3) is 0.318. The number of carbonyl (C=O) groups is 3. The lowest BCUT2D eigenvalue weighted by Crippen LogP contribution is -2.55. The Balaban J connectivity index is 1.43. The van der Waals surface area contributed by atoms with Gasteiger partial charge in [0.2, 0.25) is 0 Å². The average molecular weight is 456 g/mol.